The number of fused-ring (bicyclic) bond motifs is 1. The third-order valence-corrected chi connectivity index (χ3v) is 2.37. The zero-order valence-electron chi connectivity index (χ0n) is 8.68. The number of nitrogens with two attached hydrogens (primary N) is 1. The lowest BCUT2D eigenvalue weighted by molar-refractivity contribution is 0.602. The molecule has 0 fully saturated rings. The first kappa shape index (κ1) is 9.93. The van der Waals surface area contributed by atoms with Crippen LogP contribution in [-0.4, -0.2) is 10.6 Å². The van der Waals surface area contributed by atoms with E-state index in [4.69, 9.17) is 5.73 Å². The van der Waals surface area contributed by atoms with Gasteiger partial charge in [-0.2, -0.15) is 0 Å². The second kappa shape index (κ2) is 3.87. The summed E-state index contributed by atoms with van der Waals surface area (Å²) in [6, 6.07) is 9.26. The molecule has 2 N–H and O–H groups in total. The highest BCUT2D eigenvalue weighted by Gasteiger charge is 2.02. The quantitative estimate of drug-likeness (QED) is 0.799. The molecule has 0 radical (unpaired) electrons. The lowest BCUT2D eigenvalue weighted by Crippen LogP contribution is -2.23. The summed E-state index contributed by atoms with van der Waals surface area (Å²) in [5.74, 6) is 0. The van der Waals surface area contributed by atoms with Crippen molar-refractivity contribution in [3.63, 3.8) is 0 Å². The van der Waals surface area contributed by atoms with Crippen molar-refractivity contribution < 1.29 is 0 Å². The Balaban J connectivity index is 2.66. The van der Waals surface area contributed by atoms with Gasteiger partial charge in [-0.15, -0.1) is 0 Å². The molecule has 0 aliphatic heterocycles. The summed E-state index contributed by atoms with van der Waals surface area (Å²) < 4.78 is 2.02. The maximum atomic E-state index is 11.6. The van der Waals surface area contributed by atoms with Crippen molar-refractivity contribution in [3.8, 4) is 0 Å². The number of pyridine rings is 1. The summed E-state index contributed by atoms with van der Waals surface area (Å²) in [4.78, 5) is 11.6. The van der Waals surface area contributed by atoms with E-state index in [1.54, 1.807) is 12.3 Å². The number of rotatable bonds is 2. The van der Waals surface area contributed by atoms with E-state index in [1.807, 2.05) is 35.8 Å². The topological polar surface area (TPSA) is 48.0 Å². The smallest absolute Gasteiger partial charge is 0.189 e. The monoisotopic (exact) mass is 202 g/mol. The highest BCUT2D eigenvalue weighted by molar-refractivity contribution is 5.78. The maximum Gasteiger partial charge on any atom is 0.189 e. The van der Waals surface area contributed by atoms with Crippen molar-refractivity contribution in [2.45, 2.75) is 19.5 Å². The van der Waals surface area contributed by atoms with Gasteiger partial charge >= 0.3 is 0 Å². The molecule has 0 bridgehead atoms. The summed E-state index contributed by atoms with van der Waals surface area (Å²) in [6.07, 6.45) is 1.80. The van der Waals surface area contributed by atoms with Gasteiger partial charge in [-0.1, -0.05) is 12.1 Å². The highest BCUT2D eigenvalue weighted by atomic mass is 16.1. The molecule has 2 rings (SSSR count). The summed E-state index contributed by atoms with van der Waals surface area (Å²) in [7, 11) is 0. The van der Waals surface area contributed by atoms with E-state index in [1.165, 1.54) is 0 Å². The van der Waals surface area contributed by atoms with Gasteiger partial charge < -0.3 is 10.3 Å². The SMILES string of the molecule is C[C@H](N)Cn1ccc(=O)c2ccccc21. The molecule has 2 aromatic rings. The summed E-state index contributed by atoms with van der Waals surface area (Å²) >= 11 is 0. The van der Waals surface area contributed by atoms with Crippen LogP contribution in [-0.2, 0) is 6.54 Å². The van der Waals surface area contributed by atoms with E-state index in [2.05, 4.69) is 0 Å². The van der Waals surface area contributed by atoms with E-state index in [0.29, 0.717) is 0 Å². The Hall–Kier alpha value is -1.61. The average molecular weight is 202 g/mol. The second-order valence-corrected chi connectivity index (χ2v) is 3.83. The van der Waals surface area contributed by atoms with Gasteiger partial charge in [-0.25, -0.2) is 0 Å². The zero-order valence-corrected chi connectivity index (χ0v) is 8.68. The van der Waals surface area contributed by atoms with Crippen LogP contribution < -0.4 is 11.2 Å². The first-order valence-electron chi connectivity index (χ1n) is 5.02. The summed E-state index contributed by atoms with van der Waals surface area (Å²) in [5, 5.41) is 0.751. The number of benzene rings is 1. The fourth-order valence-corrected chi connectivity index (χ4v) is 1.73. The fourth-order valence-electron chi connectivity index (χ4n) is 1.73. The number of para-hydroxylation sites is 1. The first-order valence-corrected chi connectivity index (χ1v) is 5.02. The summed E-state index contributed by atoms with van der Waals surface area (Å²) in [5.41, 5.74) is 6.76. The van der Waals surface area contributed by atoms with Crippen LogP contribution in [0.15, 0.2) is 41.3 Å². The molecule has 0 aliphatic carbocycles. The van der Waals surface area contributed by atoms with Gasteiger partial charge in [0.15, 0.2) is 5.43 Å². The number of aromatic nitrogens is 1. The van der Waals surface area contributed by atoms with Gasteiger partial charge in [0.1, 0.15) is 0 Å². The second-order valence-electron chi connectivity index (χ2n) is 3.83. The Labute approximate surface area is 88.1 Å². The Morgan fingerprint density at radius 3 is 2.80 bits per heavy atom. The van der Waals surface area contributed by atoms with Crippen molar-refractivity contribution in [1.82, 2.24) is 4.57 Å². The molecule has 15 heavy (non-hydrogen) atoms. The van der Waals surface area contributed by atoms with Gasteiger partial charge in [0.2, 0.25) is 0 Å². The Morgan fingerprint density at radius 2 is 2.07 bits per heavy atom. The Kier molecular flexibility index (Phi) is 2.56. The normalized spacial score (nSPS) is 12.9. The van der Waals surface area contributed by atoms with Crippen LogP contribution in [0.5, 0.6) is 0 Å². The molecule has 0 spiro atoms. The largest absolute Gasteiger partial charge is 0.346 e. The van der Waals surface area contributed by atoms with Crippen LogP contribution in [0.3, 0.4) is 0 Å². The van der Waals surface area contributed by atoms with Crippen LogP contribution >= 0.6 is 0 Å². The van der Waals surface area contributed by atoms with Crippen LogP contribution in [0.1, 0.15) is 6.92 Å². The van der Waals surface area contributed by atoms with Crippen LogP contribution in [0.4, 0.5) is 0 Å². The lowest BCUT2D eigenvalue weighted by atomic mass is 10.2. The third kappa shape index (κ3) is 1.92. The maximum absolute atomic E-state index is 11.6. The van der Waals surface area contributed by atoms with E-state index in [-0.39, 0.29) is 11.5 Å². The molecule has 3 nitrogen and oxygen atoms in total. The van der Waals surface area contributed by atoms with Crippen molar-refractivity contribution in [1.29, 1.82) is 0 Å². The Bertz CT molecular complexity index is 528. The molecular weight excluding hydrogens is 188 g/mol. The van der Waals surface area contributed by atoms with Crippen molar-refractivity contribution >= 4 is 10.9 Å². The van der Waals surface area contributed by atoms with Gasteiger partial charge in [0.05, 0.1) is 5.52 Å². The molecule has 0 aliphatic rings. The minimum atomic E-state index is 0.0616. The molecule has 1 heterocycles. The molecule has 0 amide bonds. The van der Waals surface area contributed by atoms with Crippen LogP contribution in [0.2, 0.25) is 0 Å². The standard InChI is InChI=1S/C12H14N2O/c1-9(13)8-14-7-6-12(15)10-4-2-3-5-11(10)14/h2-7,9H,8,13H2,1H3/t9-/m0/s1. The van der Waals surface area contributed by atoms with Gasteiger partial charge in [0.25, 0.3) is 0 Å². The van der Waals surface area contributed by atoms with Crippen molar-refractivity contribution in [2.24, 2.45) is 5.73 Å². The van der Waals surface area contributed by atoms with Gasteiger partial charge in [-0.05, 0) is 19.1 Å². The predicted octanol–water partition coefficient (Wildman–Crippen LogP) is 1.35. The molecular formula is C12H14N2O. The number of hydrogen-bond donors (Lipinski definition) is 1. The highest BCUT2D eigenvalue weighted by Crippen LogP contribution is 2.09. The van der Waals surface area contributed by atoms with E-state index in [9.17, 15) is 4.79 Å². The molecule has 1 aromatic carbocycles. The average Bonchev–Trinajstić information content (AvgIpc) is 2.22. The van der Waals surface area contributed by atoms with Gasteiger partial charge in [0, 0.05) is 30.2 Å². The molecule has 1 aromatic heterocycles. The Morgan fingerprint density at radius 1 is 1.33 bits per heavy atom. The fraction of sp³-hybridized carbons (Fsp3) is 0.250. The molecule has 78 valence electrons. The zero-order chi connectivity index (χ0) is 10.8. The van der Waals surface area contributed by atoms with E-state index in [0.717, 1.165) is 17.4 Å². The first-order chi connectivity index (χ1) is 7.18. The molecule has 3 heteroatoms. The van der Waals surface area contributed by atoms with Crippen molar-refractivity contribution in [2.75, 3.05) is 0 Å². The molecule has 0 saturated carbocycles. The molecule has 0 unspecified atom stereocenters. The van der Waals surface area contributed by atoms with E-state index >= 15 is 0 Å². The van der Waals surface area contributed by atoms with E-state index < -0.39 is 0 Å². The minimum Gasteiger partial charge on any atom is -0.346 e. The van der Waals surface area contributed by atoms with Crippen LogP contribution in [0, 0.1) is 0 Å². The lowest BCUT2D eigenvalue weighted by Gasteiger charge is -2.12. The van der Waals surface area contributed by atoms with Gasteiger partial charge in [-0.3, -0.25) is 4.79 Å². The van der Waals surface area contributed by atoms with Crippen molar-refractivity contribution in [3.05, 3.63) is 46.8 Å². The molecule has 1 atom stereocenters. The summed E-state index contributed by atoms with van der Waals surface area (Å²) in [6.45, 7) is 2.67. The third-order valence-electron chi connectivity index (χ3n) is 2.37. The molecule has 0 saturated heterocycles. The van der Waals surface area contributed by atoms with Crippen LogP contribution in [0.25, 0.3) is 10.9 Å². The number of hydrogen-bond acceptors (Lipinski definition) is 2. The minimum absolute atomic E-state index is 0.0616. The predicted molar refractivity (Wildman–Crippen MR) is 61.9 cm³/mol. The number of nitrogens with zero attached hydrogens (tertiary/aromatic N) is 1.